The number of guanidine groups is 2. The number of esters is 2. The summed E-state index contributed by atoms with van der Waals surface area (Å²) in [5.41, 5.74) is 19.8. The van der Waals surface area contributed by atoms with Crippen molar-refractivity contribution >= 4 is 123 Å². The average molecular weight is 1930 g/mol. The molecule has 5 heterocycles. The lowest BCUT2D eigenvalue weighted by molar-refractivity contribution is -0.158. The van der Waals surface area contributed by atoms with Gasteiger partial charge in [0.1, 0.15) is 95.6 Å². The molecule has 2 aliphatic rings. The summed E-state index contributed by atoms with van der Waals surface area (Å²) in [5, 5.41) is 93.0. The van der Waals surface area contributed by atoms with Gasteiger partial charge in [-0.2, -0.15) is 4.98 Å². The maximum absolute atomic E-state index is 15.2. The van der Waals surface area contributed by atoms with Crippen LogP contribution in [0, 0.1) is 17.7 Å². The smallest absolute Gasteiger partial charge is 0.351 e. The zero-order valence-corrected chi connectivity index (χ0v) is 77.8. The van der Waals surface area contributed by atoms with E-state index in [0.717, 1.165) is 0 Å². The zero-order valence-electron chi connectivity index (χ0n) is 77.8. The number of hydrogen-bond acceptors (Lipinski definition) is 33. The predicted octanol–water partition coefficient (Wildman–Crippen LogP) is -3.70. The summed E-state index contributed by atoms with van der Waals surface area (Å²) in [6.45, 7) is 10.2. The van der Waals surface area contributed by atoms with E-state index < -0.39 is 236 Å². The maximum Gasteiger partial charge on any atom is 0.351 e. The van der Waals surface area contributed by atoms with Crippen LogP contribution in [-0.2, 0) is 97.3 Å². The number of carbonyl (C=O) groups excluding carboxylic acids is 13. The lowest BCUT2D eigenvalue weighted by Crippen LogP contribution is -2.58. The SMILES string of the molecule is CC(=O)CCCCCC(NC(=O)CC(NC(=O)CNC(=O)C(CCCN=C(N)N)CC(=O)OC(C)(C)C)C(=O)O)C(=O)Nc1nc(=O)n([C@@H]2O[C@H](CO)[C@H](O)C2O)cc1F.COc1ccc(CC(NC(=O)C(CCCCCC(C)=O)NC(=O)CC(NC(=O)CNC(=O)C(CCCN=C(N)N)CC(=O)OC(C)(C)C)C(=O)O)C(=O)N[C@@H]2C(O)[C@H](n3cnc4c(N(C)C)ncnc43)O[C@@H]2CO)cc1. The van der Waals surface area contributed by atoms with Crippen molar-refractivity contribution < 1.29 is 136 Å². The van der Waals surface area contributed by atoms with E-state index in [1.165, 1.54) is 38.2 Å². The summed E-state index contributed by atoms with van der Waals surface area (Å²) < 4.78 is 44.4. The Kier molecular flexibility index (Phi) is 45.9. The molecule has 24 N–H and O–H groups in total. The number of aliphatic imine (C=N–C) groups is 2. The summed E-state index contributed by atoms with van der Waals surface area (Å²) >= 11 is 0. The van der Waals surface area contributed by atoms with Gasteiger partial charge in [-0.25, -0.2) is 33.7 Å². The Morgan fingerprint density at radius 1 is 0.551 bits per heavy atom. The summed E-state index contributed by atoms with van der Waals surface area (Å²) in [6, 6.07) is -2.58. The predicted molar refractivity (Wildman–Crippen MR) is 481 cm³/mol. The second-order valence-electron chi connectivity index (χ2n) is 34.6. The van der Waals surface area contributed by atoms with Crippen molar-refractivity contribution in [3.05, 3.63) is 65.0 Å². The molecule has 0 saturated carbocycles. The first-order valence-corrected chi connectivity index (χ1v) is 43.9. The van der Waals surface area contributed by atoms with Crippen LogP contribution in [0.2, 0.25) is 0 Å². The van der Waals surface area contributed by atoms with Crippen molar-refractivity contribution in [3.8, 4) is 5.75 Å². The van der Waals surface area contributed by atoms with Crippen molar-refractivity contribution in [2.24, 2.45) is 44.8 Å². The van der Waals surface area contributed by atoms with E-state index in [0.29, 0.717) is 77.6 Å². The minimum Gasteiger partial charge on any atom is -0.497 e. The van der Waals surface area contributed by atoms with E-state index >= 15 is 4.39 Å². The minimum absolute atomic E-state index is 0.0275. The van der Waals surface area contributed by atoms with Crippen LogP contribution in [0.15, 0.2) is 57.9 Å². The first kappa shape index (κ1) is 113. The van der Waals surface area contributed by atoms with Crippen LogP contribution in [0.25, 0.3) is 11.2 Å². The lowest BCUT2D eigenvalue weighted by atomic mass is 9.98. The molecule has 15 atom stereocenters. The third-order valence-electron chi connectivity index (χ3n) is 20.7. The Bertz CT molecular complexity index is 4880. The molecule has 50 nitrogen and oxygen atoms in total. The van der Waals surface area contributed by atoms with E-state index in [2.05, 4.69) is 77.8 Å². The fourth-order valence-corrected chi connectivity index (χ4v) is 14.1. The van der Waals surface area contributed by atoms with Gasteiger partial charge in [0.15, 0.2) is 53.0 Å². The molecule has 2 saturated heterocycles. The van der Waals surface area contributed by atoms with Crippen LogP contribution in [0.4, 0.5) is 16.0 Å². The molecule has 9 amide bonds. The van der Waals surface area contributed by atoms with Gasteiger partial charge in [0.05, 0.1) is 77.7 Å². The first-order valence-electron chi connectivity index (χ1n) is 43.9. The summed E-state index contributed by atoms with van der Waals surface area (Å²) in [7, 11) is 5.01. The number of aromatic nitrogens is 6. The highest BCUT2D eigenvalue weighted by atomic mass is 19.1. The van der Waals surface area contributed by atoms with Gasteiger partial charge in [0.2, 0.25) is 53.2 Å². The number of imidazole rings is 1. The normalized spacial score (nSPS) is 18.3. The highest BCUT2D eigenvalue weighted by Gasteiger charge is 2.48. The number of nitrogens with two attached hydrogens (primary N) is 4. The Hall–Kier alpha value is -13.1. The number of nitrogens with zero attached hydrogens (tertiary/aromatic N) is 9. The van der Waals surface area contributed by atoms with Crippen molar-refractivity contribution in [2.45, 2.75) is 268 Å². The number of carbonyl (C=O) groups is 15. The van der Waals surface area contributed by atoms with Gasteiger partial charge in [-0.05, 0) is 124 Å². The number of fused-ring (bicyclic) bond motifs is 1. The number of rotatable bonds is 54. The average Bonchev–Trinajstić information content (AvgIpc) is 1.61. The van der Waals surface area contributed by atoms with Gasteiger partial charge in [-0.3, -0.25) is 71.9 Å². The molecule has 0 radical (unpaired) electrons. The van der Waals surface area contributed by atoms with Gasteiger partial charge in [0.25, 0.3) is 0 Å². The van der Waals surface area contributed by atoms with E-state index in [1.54, 1.807) is 84.8 Å². The zero-order chi connectivity index (χ0) is 102. The summed E-state index contributed by atoms with van der Waals surface area (Å²) in [4.78, 5) is 232. The molecule has 1 aromatic carbocycles. The Balaban J connectivity index is 0.000000495. The van der Waals surface area contributed by atoms with Crippen molar-refractivity contribution in [1.82, 2.24) is 71.6 Å². The van der Waals surface area contributed by atoms with E-state index in [9.17, 15) is 112 Å². The molecule has 3 aromatic heterocycles. The second kappa shape index (κ2) is 55.0. The third-order valence-corrected chi connectivity index (χ3v) is 20.7. The van der Waals surface area contributed by atoms with Crippen LogP contribution in [0.3, 0.4) is 0 Å². The van der Waals surface area contributed by atoms with Gasteiger partial charge in [-0.1, -0.05) is 37.8 Å². The molecule has 9 unspecified atom stereocenters. The lowest BCUT2D eigenvalue weighted by Gasteiger charge is -2.27. The van der Waals surface area contributed by atoms with Crippen LogP contribution < -0.4 is 86.1 Å². The fourth-order valence-electron chi connectivity index (χ4n) is 14.1. The number of benzene rings is 1. The topological polar surface area (TPSA) is 763 Å². The molecule has 51 heteroatoms. The quantitative estimate of drug-likeness (QED) is 0.00875. The second-order valence-corrected chi connectivity index (χ2v) is 34.6. The highest BCUT2D eigenvalue weighted by Crippen LogP contribution is 2.34. The van der Waals surface area contributed by atoms with Crippen molar-refractivity contribution in [1.29, 1.82) is 0 Å². The van der Waals surface area contributed by atoms with Crippen molar-refractivity contribution in [3.63, 3.8) is 0 Å². The molecular weight excluding hydrogens is 1800 g/mol. The molecule has 0 aliphatic carbocycles. The number of aliphatic hydroxyl groups is 5. The number of unbranched alkanes of at least 4 members (excludes halogenated alkanes) is 4. The van der Waals surface area contributed by atoms with Crippen molar-refractivity contribution in [2.75, 3.05) is 70.8 Å². The number of nitrogens with one attached hydrogen (secondary N) is 9. The van der Waals surface area contributed by atoms with Gasteiger partial charge >= 0.3 is 29.6 Å². The van der Waals surface area contributed by atoms with E-state index in [1.807, 2.05) is 0 Å². The first-order chi connectivity index (χ1) is 63.9. The van der Waals surface area contributed by atoms with E-state index in [-0.39, 0.29) is 107 Å². The molecule has 0 spiro atoms. The van der Waals surface area contributed by atoms with Gasteiger partial charge in [0, 0.05) is 58.3 Å². The Morgan fingerprint density at radius 3 is 1.46 bits per heavy atom. The molecular formula is C85H129FN22O28. The molecule has 6 rings (SSSR count). The molecule has 2 fully saturated rings. The number of Topliss-reactive ketones (excluding diaryl/α,β-unsaturated/α-hetero) is 2. The number of amides is 9. The monoisotopic (exact) mass is 1920 g/mol. The standard InChI is InChI=1S/C49H73N13O14.C36H56FN9O14/c1-27(64)12-9-8-10-14-31(57-35(65)22-33(47(72)73)58-36(66)23-53-43(69)29(13-11-19-52-48(50)51)21-37(67)76-49(2,3)4)44(70)59-32(20-28-15-17-30(74-7)18-16-28)45(71)60-38-34(24-63)75-46(40(38)68)62-26-56-39-41(61(5)6)54-25-55-42(39)62;1-18(48)9-6-5-7-11-21(31(55)44-29-20(37)16-46(35(58)45-29)32-28(53)27(52)23(17-47)59-32)42-24(49)14-22(33(56)57)43-25(50)15-41-30(54)19(10-8-12-40-34(38)39)13-26(51)60-36(2,3)4/h15-18,25-26,29,31-34,38,40,46,63,68H,8-14,19-24H2,1-7H3,(H,53,69)(H,57,65)(H,58,66)(H,59,70)(H,60,71)(H,72,73)(H4,50,51,52);16,19,21-23,27-28,32,47,52-53H,5-15,17H2,1-4H3,(H,41,54)(H,42,49)(H,43,50)(H,56,57)(H4,38,39,40)(H,44,45,55,58)/t29?,31?,32?,33?,34-,38+,40?,46-;19?,21?,22?,23-,27+,28?,32-/m11/s1. The number of anilines is 2. The highest BCUT2D eigenvalue weighted by molar-refractivity contribution is 5.99. The number of carboxylic acid groups (broad SMARTS) is 2. The number of aliphatic carboxylic acids is 2. The fraction of sp³-hybridized carbons (Fsp3) is 0.624. The molecule has 4 aromatic rings. The van der Waals surface area contributed by atoms with Crippen LogP contribution in [-0.4, -0.2) is 304 Å². The molecule has 2 aliphatic heterocycles. The van der Waals surface area contributed by atoms with E-state index in [4.69, 9.17) is 46.6 Å². The number of carboxylic acids is 2. The Morgan fingerprint density at radius 2 is 1.02 bits per heavy atom. The molecule has 0 bridgehead atoms. The van der Waals surface area contributed by atoms with Crippen LogP contribution in [0.1, 0.15) is 189 Å². The molecule has 754 valence electrons. The minimum atomic E-state index is -1.87. The third kappa shape index (κ3) is 38.7. The Labute approximate surface area is 781 Å². The van der Waals surface area contributed by atoms with Crippen LogP contribution >= 0.6 is 0 Å². The number of methoxy groups -OCH3 is 1. The number of aliphatic hydroxyl groups excluding tert-OH is 5. The number of ether oxygens (including phenoxy) is 5. The molecule has 136 heavy (non-hydrogen) atoms. The number of halogens is 1. The van der Waals surface area contributed by atoms with Gasteiger partial charge < -0.3 is 145 Å². The van der Waals surface area contributed by atoms with Crippen LogP contribution in [0.5, 0.6) is 5.75 Å². The maximum atomic E-state index is 15.2. The number of hydrogen-bond donors (Lipinski definition) is 20. The van der Waals surface area contributed by atoms with Gasteiger partial charge in [-0.15, -0.1) is 0 Å². The number of ketones is 2. The summed E-state index contributed by atoms with van der Waals surface area (Å²) in [6.07, 6.45) is -5.91. The largest absolute Gasteiger partial charge is 0.497 e. The summed E-state index contributed by atoms with van der Waals surface area (Å²) in [5.74, 6) is -16.4.